The normalized spacial score (nSPS) is 26.1. The molecule has 0 spiro atoms. The summed E-state index contributed by atoms with van der Waals surface area (Å²) in [6.07, 6.45) is 3.21. The average Bonchev–Trinajstić information content (AvgIpc) is 2.48. The van der Waals surface area contributed by atoms with Gasteiger partial charge in [0.1, 0.15) is 11.9 Å². The SMILES string of the molecule is CC(C)(C)OC(=O)N[C@@H]1CCC[C@H]1C=O. The average molecular weight is 213 g/mol. The van der Waals surface area contributed by atoms with Crippen molar-refractivity contribution in [2.75, 3.05) is 0 Å². The topological polar surface area (TPSA) is 55.4 Å². The van der Waals surface area contributed by atoms with E-state index in [1.54, 1.807) is 0 Å². The highest BCUT2D eigenvalue weighted by Gasteiger charge is 2.29. The first-order chi connectivity index (χ1) is 6.92. The summed E-state index contributed by atoms with van der Waals surface area (Å²) >= 11 is 0. The molecule has 2 atom stereocenters. The fraction of sp³-hybridized carbons (Fsp3) is 0.818. The van der Waals surface area contributed by atoms with Crippen LogP contribution in [0.15, 0.2) is 0 Å². The highest BCUT2D eigenvalue weighted by atomic mass is 16.6. The Kier molecular flexibility index (Phi) is 3.72. The molecule has 86 valence electrons. The third kappa shape index (κ3) is 3.90. The molecule has 0 bridgehead atoms. The van der Waals surface area contributed by atoms with E-state index in [1.165, 1.54) is 0 Å². The van der Waals surface area contributed by atoms with E-state index in [0.29, 0.717) is 0 Å². The van der Waals surface area contributed by atoms with Crippen molar-refractivity contribution in [3.05, 3.63) is 0 Å². The van der Waals surface area contributed by atoms with E-state index in [2.05, 4.69) is 5.32 Å². The Hall–Kier alpha value is -1.06. The molecule has 0 aromatic heterocycles. The fourth-order valence-corrected chi connectivity index (χ4v) is 1.79. The van der Waals surface area contributed by atoms with Gasteiger partial charge >= 0.3 is 6.09 Å². The van der Waals surface area contributed by atoms with Gasteiger partial charge in [0.05, 0.1) is 0 Å². The van der Waals surface area contributed by atoms with Gasteiger partial charge in [0.25, 0.3) is 0 Å². The van der Waals surface area contributed by atoms with Crippen molar-refractivity contribution in [3.63, 3.8) is 0 Å². The fourth-order valence-electron chi connectivity index (χ4n) is 1.79. The van der Waals surface area contributed by atoms with Gasteiger partial charge in [-0.25, -0.2) is 4.79 Å². The molecular weight excluding hydrogens is 194 g/mol. The molecule has 1 aliphatic rings. The molecule has 1 fully saturated rings. The maximum atomic E-state index is 11.4. The lowest BCUT2D eigenvalue weighted by atomic mass is 10.1. The summed E-state index contributed by atoms with van der Waals surface area (Å²) in [5, 5.41) is 2.74. The molecule has 0 aromatic carbocycles. The molecule has 1 aliphatic carbocycles. The largest absolute Gasteiger partial charge is 0.444 e. The van der Waals surface area contributed by atoms with Crippen LogP contribution in [0.25, 0.3) is 0 Å². The molecule has 0 radical (unpaired) electrons. The highest BCUT2D eigenvalue weighted by molar-refractivity contribution is 5.69. The van der Waals surface area contributed by atoms with Crippen LogP contribution in [0.1, 0.15) is 40.0 Å². The van der Waals surface area contributed by atoms with Crippen LogP contribution < -0.4 is 5.32 Å². The molecule has 0 aromatic rings. The number of nitrogens with one attached hydrogen (secondary N) is 1. The molecule has 4 heteroatoms. The molecule has 1 amide bonds. The first-order valence-corrected chi connectivity index (χ1v) is 5.37. The van der Waals surface area contributed by atoms with Crippen LogP contribution in [0, 0.1) is 5.92 Å². The van der Waals surface area contributed by atoms with Gasteiger partial charge < -0.3 is 14.8 Å². The van der Waals surface area contributed by atoms with E-state index >= 15 is 0 Å². The monoisotopic (exact) mass is 213 g/mol. The second-order valence-corrected chi connectivity index (χ2v) is 4.98. The molecule has 1 saturated carbocycles. The summed E-state index contributed by atoms with van der Waals surface area (Å²) in [5.74, 6) is -0.0440. The van der Waals surface area contributed by atoms with Crippen molar-refractivity contribution in [1.29, 1.82) is 0 Å². The maximum absolute atomic E-state index is 11.4. The quantitative estimate of drug-likeness (QED) is 0.712. The minimum absolute atomic E-state index is 0.0440. The molecule has 0 heterocycles. The lowest BCUT2D eigenvalue weighted by molar-refractivity contribution is -0.111. The molecule has 0 saturated heterocycles. The first-order valence-electron chi connectivity index (χ1n) is 5.37. The predicted molar refractivity (Wildman–Crippen MR) is 56.6 cm³/mol. The number of hydrogen-bond acceptors (Lipinski definition) is 3. The maximum Gasteiger partial charge on any atom is 0.407 e. The van der Waals surface area contributed by atoms with E-state index in [-0.39, 0.29) is 12.0 Å². The summed E-state index contributed by atoms with van der Waals surface area (Å²) in [4.78, 5) is 22.1. The molecule has 15 heavy (non-hydrogen) atoms. The van der Waals surface area contributed by atoms with Crippen LogP contribution >= 0.6 is 0 Å². The van der Waals surface area contributed by atoms with Crippen LogP contribution in [0.2, 0.25) is 0 Å². The number of rotatable bonds is 2. The Morgan fingerprint density at radius 2 is 2.07 bits per heavy atom. The summed E-state index contributed by atoms with van der Waals surface area (Å²) in [6, 6.07) is -0.0441. The third-order valence-corrected chi connectivity index (χ3v) is 2.45. The van der Waals surface area contributed by atoms with E-state index in [0.717, 1.165) is 25.5 Å². The number of aldehydes is 1. The van der Waals surface area contributed by atoms with Crippen LogP contribution in [-0.2, 0) is 9.53 Å². The molecule has 4 nitrogen and oxygen atoms in total. The van der Waals surface area contributed by atoms with Gasteiger partial charge in [-0.3, -0.25) is 0 Å². The molecular formula is C11H19NO3. The standard InChI is InChI=1S/C11H19NO3/c1-11(2,3)15-10(14)12-9-6-4-5-8(9)7-13/h7-9H,4-6H2,1-3H3,(H,12,14)/t8-,9+/m0/s1. The number of carbonyl (C=O) groups excluding carboxylic acids is 2. The Morgan fingerprint density at radius 3 is 2.60 bits per heavy atom. The summed E-state index contributed by atoms with van der Waals surface area (Å²) in [5.41, 5.74) is -0.487. The zero-order chi connectivity index (χ0) is 11.5. The molecule has 1 N–H and O–H groups in total. The van der Waals surface area contributed by atoms with E-state index in [4.69, 9.17) is 4.74 Å². The molecule has 0 aliphatic heterocycles. The van der Waals surface area contributed by atoms with Gasteiger partial charge in [0.15, 0.2) is 0 Å². The molecule has 1 rings (SSSR count). The zero-order valence-corrected chi connectivity index (χ0v) is 9.58. The van der Waals surface area contributed by atoms with Crippen molar-refractivity contribution in [2.45, 2.75) is 51.7 Å². The van der Waals surface area contributed by atoms with Crippen molar-refractivity contribution in [3.8, 4) is 0 Å². The van der Waals surface area contributed by atoms with E-state index < -0.39 is 11.7 Å². The van der Waals surface area contributed by atoms with Gasteiger partial charge in [0.2, 0.25) is 0 Å². The minimum Gasteiger partial charge on any atom is -0.444 e. The number of hydrogen-bond donors (Lipinski definition) is 1. The third-order valence-electron chi connectivity index (χ3n) is 2.45. The smallest absolute Gasteiger partial charge is 0.407 e. The van der Waals surface area contributed by atoms with Gasteiger partial charge in [-0.1, -0.05) is 6.42 Å². The van der Waals surface area contributed by atoms with Crippen molar-refractivity contribution >= 4 is 12.4 Å². The predicted octanol–water partition coefficient (Wildman–Crippen LogP) is 1.88. The van der Waals surface area contributed by atoms with Crippen molar-refractivity contribution in [2.24, 2.45) is 5.92 Å². The lowest BCUT2D eigenvalue weighted by Gasteiger charge is -2.22. The minimum atomic E-state index is -0.487. The van der Waals surface area contributed by atoms with Crippen LogP contribution in [0.4, 0.5) is 4.79 Å². The first kappa shape index (κ1) is 12.0. The van der Waals surface area contributed by atoms with Gasteiger partial charge in [-0.2, -0.15) is 0 Å². The van der Waals surface area contributed by atoms with Gasteiger partial charge in [-0.15, -0.1) is 0 Å². The molecule has 0 unspecified atom stereocenters. The second kappa shape index (κ2) is 4.64. The van der Waals surface area contributed by atoms with E-state index in [1.807, 2.05) is 20.8 Å². The summed E-state index contributed by atoms with van der Waals surface area (Å²) in [6.45, 7) is 5.45. The summed E-state index contributed by atoms with van der Waals surface area (Å²) in [7, 11) is 0. The van der Waals surface area contributed by atoms with E-state index in [9.17, 15) is 9.59 Å². The lowest BCUT2D eigenvalue weighted by Crippen LogP contribution is -2.41. The zero-order valence-electron chi connectivity index (χ0n) is 9.58. The number of amides is 1. The van der Waals surface area contributed by atoms with Crippen LogP contribution in [0.3, 0.4) is 0 Å². The van der Waals surface area contributed by atoms with Crippen molar-refractivity contribution in [1.82, 2.24) is 5.32 Å². The summed E-state index contributed by atoms with van der Waals surface area (Å²) < 4.78 is 5.13. The van der Waals surface area contributed by atoms with Gasteiger partial charge in [0, 0.05) is 12.0 Å². The Morgan fingerprint density at radius 1 is 1.40 bits per heavy atom. The number of ether oxygens (including phenoxy) is 1. The van der Waals surface area contributed by atoms with Crippen molar-refractivity contribution < 1.29 is 14.3 Å². The van der Waals surface area contributed by atoms with Crippen LogP contribution in [-0.4, -0.2) is 24.0 Å². The number of alkyl carbamates (subject to hydrolysis) is 1. The van der Waals surface area contributed by atoms with Gasteiger partial charge in [-0.05, 0) is 33.6 Å². The Balaban J connectivity index is 2.41. The second-order valence-electron chi connectivity index (χ2n) is 4.98. The Bertz CT molecular complexity index is 245. The van der Waals surface area contributed by atoms with Crippen LogP contribution in [0.5, 0.6) is 0 Å². The highest BCUT2D eigenvalue weighted by Crippen LogP contribution is 2.24. The number of carbonyl (C=O) groups is 2. The Labute approximate surface area is 90.4 Å².